The summed E-state index contributed by atoms with van der Waals surface area (Å²) in [5, 5.41) is 3.31. The van der Waals surface area contributed by atoms with E-state index in [1.165, 1.54) is 19.3 Å². The van der Waals surface area contributed by atoms with Gasteiger partial charge < -0.3 is 15.0 Å². The van der Waals surface area contributed by atoms with E-state index in [2.05, 4.69) is 20.2 Å². The molecule has 0 radical (unpaired) electrons. The zero-order chi connectivity index (χ0) is 18.4. The van der Waals surface area contributed by atoms with Gasteiger partial charge in [-0.3, -0.25) is 0 Å². The van der Waals surface area contributed by atoms with Crippen molar-refractivity contribution in [2.45, 2.75) is 78.3 Å². The highest BCUT2D eigenvalue weighted by atomic mass is 16.5. The van der Waals surface area contributed by atoms with Crippen molar-refractivity contribution in [2.24, 2.45) is 0 Å². The van der Waals surface area contributed by atoms with Gasteiger partial charge >= 0.3 is 5.97 Å². The number of fused-ring (bicyclic) bond motifs is 1. The van der Waals surface area contributed by atoms with Crippen molar-refractivity contribution < 1.29 is 9.53 Å². The van der Waals surface area contributed by atoms with E-state index in [4.69, 9.17) is 4.74 Å². The lowest BCUT2D eigenvalue weighted by atomic mass is 9.90. The van der Waals surface area contributed by atoms with E-state index in [-0.39, 0.29) is 5.97 Å². The molecule has 1 unspecified atom stereocenters. The van der Waals surface area contributed by atoms with Gasteiger partial charge in [0.15, 0.2) is 11.4 Å². The van der Waals surface area contributed by atoms with Crippen LogP contribution in [0.15, 0.2) is 6.20 Å². The Bertz CT molecular complexity index is 587. The Balaban J connectivity index is 0.00000109. The first-order valence-electron chi connectivity index (χ1n) is 9.59. The van der Waals surface area contributed by atoms with E-state index in [1.54, 1.807) is 6.20 Å². The summed E-state index contributed by atoms with van der Waals surface area (Å²) >= 11 is 0. The number of carbonyl (C=O) groups excluding carboxylic acids is 1. The molecular weight excluding hydrogens is 316 g/mol. The van der Waals surface area contributed by atoms with Gasteiger partial charge in [0, 0.05) is 6.04 Å². The Morgan fingerprint density at radius 2 is 2.04 bits per heavy atom. The third kappa shape index (κ3) is 4.22. The molecule has 0 amide bonds. The van der Waals surface area contributed by atoms with E-state index < -0.39 is 5.54 Å². The topological polar surface area (TPSA) is 67.3 Å². The van der Waals surface area contributed by atoms with Crippen LogP contribution in [0.4, 0.5) is 11.5 Å². The van der Waals surface area contributed by atoms with Crippen molar-refractivity contribution in [3.8, 4) is 0 Å². The fourth-order valence-corrected chi connectivity index (χ4v) is 3.62. The van der Waals surface area contributed by atoms with E-state index in [9.17, 15) is 4.79 Å². The van der Waals surface area contributed by atoms with Gasteiger partial charge in [0.2, 0.25) is 0 Å². The Kier molecular flexibility index (Phi) is 6.62. The highest BCUT2D eigenvalue weighted by molar-refractivity contribution is 5.88. The number of rotatable bonds is 3. The van der Waals surface area contributed by atoms with Gasteiger partial charge in [-0.15, -0.1) is 0 Å². The molecule has 1 aromatic heterocycles. The van der Waals surface area contributed by atoms with E-state index in [0.717, 1.165) is 30.2 Å². The van der Waals surface area contributed by atoms with Crippen molar-refractivity contribution in [3.05, 3.63) is 12.0 Å². The monoisotopic (exact) mass is 348 g/mol. The first-order chi connectivity index (χ1) is 12.0. The maximum Gasteiger partial charge on any atom is 0.333 e. The second-order valence-corrected chi connectivity index (χ2v) is 6.75. The number of aryl methyl sites for hydroxylation is 1. The molecule has 1 N–H and O–H groups in total. The zero-order valence-electron chi connectivity index (χ0n) is 16.3. The molecular formula is C19H32N4O2. The number of nitrogens with one attached hydrogen (secondary N) is 1. The summed E-state index contributed by atoms with van der Waals surface area (Å²) < 4.78 is 5.29. The van der Waals surface area contributed by atoms with Gasteiger partial charge in [-0.05, 0) is 33.6 Å². The summed E-state index contributed by atoms with van der Waals surface area (Å²) in [6, 6.07) is 0.438. The first kappa shape index (κ1) is 19.5. The Labute approximate surface area is 151 Å². The predicted molar refractivity (Wildman–Crippen MR) is 101 cm³/mol. The highest BCUT2D eigenvalue weighted by Gasteiger charge is 2.43. The number of anilines is 2. The summed E-state index contributed by atoms with van der Waals surface area (Å²) in [6.45, 7) is 10.6. The fourth-order valence-electron chi connectivity index (χ4n) is 3.62. The Morgan fingerprint density at radius 3 is 2.68 bits per heavy atom. The van der Waals surface area contributed by atoms with Crippen molar-refractivity contribution in [1.29, 1.82) is 0 Å². The molecule has 2 aliphatic rings. The van der Waals surface area contributed by atoms with Gasteiger partial charge in [-0.1, -0.05) is 33.1 Å². The minimum Gasteiger partial charge on any atom is -0.464 e. The van der Waals surface area contributed by atoms with Crippen molar-refractivity contribution in [1.82, 2.24) is 9.97 Å². The number of hydrogen-bond donors (Lipinski definition) is 1. The normalized spacial score (nSPS) is 23.0. The summed E-state index contributed by atoms with van der Waals surface area (Å²) in [5.74, 6) is 1.46. The molecule has 0 aromatic carbocycles. The number of aromatic nitrogens is 2. The summed E-state index contributed by atoms with van der Waals surface area (Å²) in [4.78, 5) is 23.7. The zero-order valence-corrected chi connectivity index (χ0v) is 16.3. The van der Waals surface area contributed by atoms with Gasteiger partial charge in [0.05, 0.1) is 25.0 Å². The van der Waals surface area contributed by atoms with Crippen LogP contribution in [0.3, 0.4) is 0 Å². The number of esters is 1. The summed E-state index contributed by atoms with van der Waals surface area (Å²) in [6.07, 6.45) is 7.87. The van der Waals surface area contributed by atoms with Gasteiger partial charge in [0.1, 0.15) is 5.82 Å². The molecule has 1 aliphatic heterocycles. The van der Waals surface area contributed by atoms with Crippen LogP contribution in [0.2, 0.25) is 0 Å². The van der Waals surface area contributed by atoms with E-state index in [1.807, 2.05) is 34.6 Å². The molecule has 0 spiro atoms. The van der Waals surface area contributed by atoms with Gasteiger partial charge in [-0.25, -0.2) is 14.8 Å². The number of ether oxygens (including phenoxy) is 1. The van der Waals surface area contributed by atoms with E-state index in [0.29, 0.717) is 19.2 Å². The van der Waals surface area contributed by atoms with Crippen LogP contribution in [-0.2, 0) is 9.53 Å². The van der Waals surface area contributed by atoms with Crippen LogP contribution in [0.25, 0.3) is 0 Å². The van der Waals surface area contributed by atoms with Crippen LogP contribution in [0, 0.1) is 6.92 Å². The summed E-state index contributed by atoms with van der Waals surface area (Å²) in [7, 11) is 0. The van der Waals surface area contributed by atoms with Gasteiger partial charge in [0.25, 0.3) is 0 Å². The second kappa shape index (κ2) is 8.50. The number of hydrogen-bond acceptors (Lipinski definition) is 6. The molecule has 25 heavy (non-hydrogen) atoms. The average Bonchev–Trinajstić information content (AvgIpc) is 2.64. The molecule has 1 saturated carbocycles. The molecule has 0 bridgehead atoms. The molecule has 6 heteroatoms. The minimum atomic E-state index is -0.765. The Morgan fingerprint density at radius 1 is 1.36 bits per heavy atom. The number of carbonyl (C=O) groups is 1. The molecule has 3 rings (SSSR count). The van der Waals surface area contributed by atoms with Crippen LogP contribution in [0.1, 0.15) is 65.6 Å². The fraction of sp³-hybridized carbons (Fsp3) is 0.737. The number of nitrogens with zero attached hydrogens (tertiary/aromatic N) is 3. The molecule has 0 saturated heterocycles. The maximum atomic E-state index is 12.5. The van der Waals surface area contributed by atoms with Crippen LogP contribution >= 0.6 is 0 Å². The quantitative estimate of drug-likeness (QED) is 0.840. The largest absolute Gasteiger partial charge is 0.464 e. The highest BCUT2D eigenvalue weighted by Crippen LogP contribution is 2.37. The smallest absolute Gasteiger partial charge is 0.333 e. The van der Waals surface area contributed by atoms with Crippen LogP contribution < -0.4 is 10.2 Å². The molecule has 140 valence electrons. The third-order valence-corrected chi connectivity index (χ3v) is 4.80. The molecule has 1 aliphatic carbocycles. The molecule has 1 atom stereocenters. The average molecular weight is 348 g/mol. The van der Waals surface area contributed by atoms with Crippen LogP contribution in [-0.4, -0.2) is 40.7 Å². The minimum absolute atomic E-state index is 0.216. The second-order valence-electron chi connectivity index (χ2n) is 6.75. The molecule has 1 aromatic rings. The van der Waals surface area contributed by atoms with Crippen LogP contribution in [0.5, 0.6) is 0 Å². The molecule has 2 heterocycles. The maximum absolute atomic E-state index is 12.5. The van der Waals surface area contributed by atoms with Gasteiger partial charge in [-0.2, -0.15) is 0 Å². The molecule has 1 fully saturated rings. The summed E-state index contributed by atoms with van der Waals surface area (Å²) in [5.41, 5.74) is 0.0574. The molecule has 6 nitrogen and oxygen atoms in total. The first-order valence-corrected chi connectivity index (χ1v) is 9.59. The lowest BCUT2D eigenvalue weighted by Gasteiger charge is -2.45. The van der Waals surface area contributed by atoms with Crippen molar-refractivity contribution in [2.75, 3.05) is 23.4 Å². The predicted octanol–water partition coefficient (Wildman–Crippen LogP) is 3.70. The third-order valence-electron chi connectivity index (χ3n) is 4.80. The lowest BCUT2D eigenvalue weighted by Crippen LogP contribution is -2.59. The lowest BCUT2D eigenvalue weighted by molar-refractivity contribution is -0.147. The van der Waals surface area contributed by atoms with Crippen molar-refractivity contribution in [3.63, 3.8) is 0 Å². The van der Waals surface area contributed by atoms with E-state index >= 15 is 0 Å². The standard InChI is InChI=1S/C17H26N4O2.C2H6/c1-4-23-16(22)17(3)11-21(13-8-6-5-7-9-13)15-14(20-17)10-18-12(2)19-15;1-2/h10,13,20H,4-9,11H2,1-3H3;1-2H3. The SMILES string of the molecule is CC.CCOC(=O)C1(C)CN(C2CCCCC2)c2nc(C)ncc2N1. The van der Waals surface area contributed by atoms with Crippen molar-refractivity contribution >= 4 is 17.5 Å². The Hall–Kier alpha value is -1.85.